The van der Waals surface area contributed by atoms with Crippen LogP contribution in [0.4, 0.5) is 8.78 Å². The third kappa shape index (κ3) is 6.19. The van der Waals surface area contributed by atoms with Crippen molar-refractivity contribution in [3.8, 4) is 0 Å². The first kappa shape index (κ1) is 10.8. The second-order valence-corrected chi connectivity index (χ2v) is 2.50. The zero-order chi connectivity index (χ0) is 8.69. The van der Waals surface area contributed by atoms with Crippen LogP contribution in [0.15, 0.2) is 0 Å². The van der Waals surface area contributed by atoms with Crippen LogP contribution in [0, 0.1) is 0 Å². The molecule has 0 aliphatic carbocycles. The summed E-state index contributed by atoms with van der Waals surface area (Å²) in [6, 6.07) is 0. The number of nitrogens with two attached hydrogens (primary N) is 1. The highest BCUT2D eigenvalue weighted by molar-refractivity contribution is 4.61. The fraction of sp³-hybridized carbons (Fsp3) is 1.00. The Bertz CT molecular complexity index is 80.5. The summed E-state index contributed by atoms with van der Waals surface area (Å²) in [6.45, 7) is 1.93. The molecule has 0 rings (SSSR count). The molecule has 0 bridgehead atoms. The minimum Gasteiger partial charge on any atom is -0.318 e. The molecule has 0 heterocycles. The average molecular weight is 166 g/mol. The van der Waals surface area contributed by atoms with Crippen molar-refractivity contribution in [3.63, 3.8) is 0 Å². The van der Waals surface area contributed by atoms with Crippen molar-refractivity contribution in [2.24, 2.45) is 5.73 Å². The standard InChI is InChI=1S/C7H16F2N2/c1-2-3-6(8)4-7(9)11-5-10/h6-7,11H,2-5,10H2,1H3. The number of rotatable bonds is 6. The van der Waals surface area contributed by atoms with Crippen LogP contribution in [0.3, 0.4) is 0 Å². The first-order valence-electron chi connectivity index (χ1n) is 3.92. The summed E-state index contributed by atoms with van der Waals surface area (Å²) in [5.74, 6) is 0. The molecule has 0 aromatic rings. The van der Waals surface area contributed by atoms with Crippen molar-refractivity contribution >= 4 is 0 Å². The molecule has 0 saturated carbocycles. The molecule has 11 heavy (non-hydrogen) atoms. The highest BCUT2D eigenvalue weighted by Crippen LogP contribution is 2.09. The minimum absolute atomic E-state index is 0.0556. The Hall–Kier alpha value is -0.220. The van der Waals surface area contributed by atoms with E-state index in [1.54, 1.807) is 0 Å². The van der Waals surface area contributed by atoms with E-state index in [9.17, 15) is 8.78 Å². The van der Waals surface area contributed by atoms with Gasteiger partial charge in [0.2, 0.25) is 0 Å². The second kappa shape index (κ2) is 6.49. The molecule has 0 spiro atoms. The minimum atomic E-state index is -1.30. The van der Waals surface area contributed by atoms with E-state index in [2.05, 4.69) is 5.32 Å². The molecular formula is C7H16F2N2. The van der Waals surface area contributed by atoms with E-state index in [1.807, 2.05) is 6.92 Å². The molecule has 3 N–H and O–H groups in total. The quantitative estimate of drug-likeness (QED) is 0.461. The van der Waals surface area contributed by atoms with Gasteiger partial charge in [0.05, 0.1) is 0 Å². The summed E-state index contributed by atoms with van der Waals surface area (Å²) in [5.41, 5.74) is 5.01. The van der Waals surface area contributed by atoms with Gasteiger partial charge in [-0.25, -0.2) is 8.78 Å². The van der Waals surface area contributed by atoms with Crippen LogP contribution in [0.25, 0.3) is 0 Å². The fourth-order valence-corrected chi connectivity index (χ4v) is 0.867. The highest BCUT2D eigenvalue weighted by atomic mass is 19.1. The van der Waals surface area contributed by atoms with Crippen LogP contribution < -0.4 is 11.1 Å². The predicted molar refractivity (Wildman–Crippen MR) is 41.5 cm³/mol. The first-order valence-corrected chi connectivity index (χ1v) is 3.92. The van der Waals surface area contributed by atoms with E-state index in [-0.39, 0.29) is 13.1 Å². The van der Waals surface area contributed by atoms with Gasteiger partial charge in [-0.15, -0.1) is 0 Å². The van der Waals surface area contributed by atoms with Gasteiger partial charge in [-0.1, -0.05) is 13.3 Å². The normalized spacial score (nSPS) is 16.4. The van der Waals surface area contributed by atoms with E-state index in [0.717, 1.165) is 6.42 Å². The van der Waals surface area contributed by atoms with Crippen molar-refractivity contribution in [2.75, 3.05) is 6.67 Å². The van der Waals surface area contributed by atoms with Gasteiger partial charge in [0.1, 0.15) is 6.17 Å². The van der Waals surface area contributed by atoms with Crippen molar-refractivity contribution in [1.82, 2.24) is 5.32 Å². The Kier molecular flexibility index (Phi) is 6.36. The monoisotopic (exact) mass is 166 g/mol. The average Bonchev–Trinajstić information content (AvgIpc) is 1.87. The van der Waals surface area contributed by atoms with Gasteiger partial charge in [0.25, 0.3) is 0 Å². The van der Waals surface area contributed by atoms with Crippen LogP contribution in [0.2, 0.25) is 0 Å². The lowest BCUT2D eigenvalue weighted by molar-refractivity contribution is 0.182. The first-order chi connectivity index (χ1) is 5.20. The lowest BCUT2D eigenvalue weighted by Crippen LogP contribution is -2.32. The van der Waals surface area contributed by atoms with Gasteiger partial charge in [0, 0.05) is 13.1 Å². The van der Waals surface area contributed by atoms with Gasteiger partial charge >= 0.3 is 0 Å². The third-order valence-corrected chi connectivity index (χ3v) is 1.40. The van der Waals surface area contributed by atoms with Gasteiger partial charge in [0.15, 0.2) is 6.30 Å². The maximum atomic E-state index is 12.7. The molecular weight excluding hydrogens is 150 g/mol. The zero-order valence-electron chi connectivity index (χ0n) is 6.82. The number of hydrogen-bond donors (Lipinski definition) is 2. The largest absolute Gasteiger partial charge is 0.318 e. The molecule has 0 aliphatic rings. The van der Waals surface area contributed by atoms with E-state index >= 15 is 0 Å². The predicted octanol–water partition coefficient (Wildman–Crippen LogP) is 1.32. The molecule has 0 amide bonds. The molecule has 2 nitrogen and oxygen atoms in total. The lowest BCUT2D eigenvalue weighted by atomic mass is 10.1. The number of alkyl halides is 2. The Labute approximate surface area is 66.1 Å². The van der Waals surface area contributed by atoms with Gasteiger partial charge in [-0.2, -0.15) is 0 Å². The van der Waals surface area contributed by atoms with Crippen LogP contribution in [-0.2, 0) is 0 Å². The second-order valence-electron chi connectivity index (χ2n) is 2.50. The van der Waals surface area contributed by atoms with Gasteiger partial charge in [-0.3, -0.25) is 5.32 Å². The Balaban J connectivity index is 3.32. The van der Waals surface area contributed by atoms with Crippen LogP contribution >= 0.6 is 0 Å². The Morgan fingerprint density at radius 1 is 1.45 bits per heavy atom. The Morgan fingerprint density at radius 3 is 2.55 bits per heavy atom. The van der Waals surface area contributed by atoms with Crippen LogP contribution in [0.5, 0.6) is 0 Å². The van der Waals surface area contributed by atoms with Crippen LogP contribution in [-0.4, -0.2) is 19.1 Å². The van der Waals surface area contributed by atoms with Crippen LogP contribution in [0.1, 0.15) is 26.2 Å². The molecule has 2 atom stereocenters. The highest BCUT2D eigenvalue weighted by Gasteiger charge is 2.12. The maximum absolute atomic E-state index is 12.7. The summed E-state index contributed by atoms with van der Waals surface area (Å²) in [4.78, 5) is 0. The molecule has 4 heteroatoms. The summed E-state index contributed by atoms with van der Waals surface area (Å²) in [7, 11) is 0. The lowest BCUT2D eigenvalue weighted by Gasteiger charge is -2.11. The SMILES string of the molecule is CCCC(F)CC(F)NCN. The van der Waals surface area contributed by atoms with E-state index in [4.69, 9.17) is 5.73 Å². The summed E-state index contributed by atoms with van der Waals surface area (Å²) in [6.07, 6.45) is -1.27. The summed E-state index contributed by atoms with van der Waals surface area (Å²) < 4.78 is 25.2. The molecule has 0 aromatic heterocycles. The molecule has 0 aromatic carbocycles. The van der Waals surface area contributed by atoms with Crippen molar-refractivity contribution in [2.45, 2.75) is 38.7 Å². The third-order valence-electron chi connectivity index (χ3n) is 1.40. The molecule has 0 aliphatic heterocycles. The Morgan fingerprint density at radius 2 is 2.09 bits per heavy atom. The summed E-state index contributed by atoms with van der Waals surface area (Å²) in [5, 5.41) is 2.31. The van der Waals surface area contributed by atoms with Gasteiger partial charge in [-0.05, 0) is 6.42 Å². The molecule has 68 valence electrons. The molecule has 0 radical (unpaired) electrons. The number of nitrogens with one attached hydrogen (secondary N) is 1. The maximum Gasteiger partial charge on any atom is 0.154 e. The van der Waals surface area contributed by atoms with E-state index in [0.29, 0.717) is 6.42 Å². The topological polar surface area (TPSA) is 38.0 Å². The van der Waals surface area contributed by atoms with Crippen molar-refractivity contribution in [3.05, 3.63) is 0 Å². The summed E-state index contributed by atoms with van der Waals surface area (Å²) >= 11 is 0. The van der Waals surface area contributed by atoms with E-state index < -0.39 is 12.5 Å². The molecule has 0 saturated heterocycles. The van der Waals surface area contributed by atoms with Crippen molar-refractivity contribution < 1.29 is 8.78 Å². The van der Waals surface area contributed by atoms with E-state index in [1.165, 1.54) is 0 Å². The number of halogens is 2. The smallest absolute Gasteiger partial charge is 0.154 e. The molecule has 2 unspecified atom stereocenters. The fourth-order valence-electron chi connectivity index (χ4n) is 0.867. The molecule has 0 fully saturated rings. The van der Waals surface area contributed by atoms with Crippen molar-refractivity contribution in [1.29, 1.82) is 0 Å². The number of hydrogen-bond acceptors (Lipinski definition) is 2. The zero-order valence-corrected chi connectivity index (χ0v) is 6.82. The van der Waals surface area contributed by atoms with Gasteiger partial charge < -0.3 is 5.73 Å².